The van der Waals surface area contributed by atoms with Gasteiger partial charge in [-0.05, 0) is 12.5 Å². The molecule has 2 aromatic rings. The van der Waals surface area contributed by atoms with Gasteiger partial charge in [-0.1, -0.05) is 6.92 Å². The van der Waals surface area contributed by atoms with Crippen molar-refractivity contribution in [2.45, 2.75) is 13.3 Å². The predicted octanol–water partition coefficient (Wildman–Crippen LogP) is 2.25. The zero-order chi connectivity index (χ0) is 7.68. The minimum atomic E-state index is 0.980. The van der Waals surface area contributed by atoms with Crippen molar-refractivity contribution in [2.75, 3.05) is 0 Å². The summed E-state index contributed by atoms with van der Waals surface area (Å²) in [7, 11) is 0. The normalized spacial score (nSPS) is 10.6. The van der Waals surface area contributed by atoms with Crippen LogP contribution in [0.1, 0.15) is 12.6 Å². The molecule has 0 aliphatic carbocycles. The van der Waals surface area contributed by atoms with E-state index in [1.165, 1.54) is 4.70 Å². The van der Waals surface area contributed by atoms with E-state index in [9.17, 15) is 0 Å². The highest BCUT2D eigenvalue weighted by atomic mass is 32.1. The van der Waals surface area contributed by atoms with Gasteiger partial charge in [-0.2, -0.15) is 0 Å². The predicted molar refractivity (Wildman–Crippen MR) is 46.8 cm³/mol. The SMILES string of the molecule is CCc1cc2ncsc2cn1. The fourth-order valence-corrected chi connectivity index (χ4v) is 1.62. The van der Waals surface area contributed by atoms with E-state index in [-0.39, 0.29) is 0 Å². The van der Waals surface area contributed by atoms with Crippen LogP contribution in [0.25, 0.3) is 10.2 Å². The third-order valence-electron chi connectivity index (χ3n) is 1.64. The van der Waals surface area contributed by atoms with Crippen LogP contribution >= 0.6 is 11.3 Å². The lowest BCUT2D eigenvalue weighted by atomic mass is 10.3. The van der Waals surface area contributed by atoms with Gasteiger partial charge in [0.15, 0.2) is 0 Å². The summed E-state index contributed by atoms with van der Waals surface area (Å²) in [5, 5.41) is 0. The Labute approximate surface area is 68.9 Å². The largest absolute Gasteiger partial charge is 0.260 e. The summed E-state index contributed by atoms with van der Waals surface area (Å²) < 4.78 is 1.17. The second-order valence-electron chi connectivity index (χ2n) is 2.35. The smallest absolute Gasteiger partial charge is 0.0845 e. The average molecular weight is 164 g/mol. The molecule has 0 atom stereocenters. The number of nitrogens with zero attached hydrogens (tertiary/aromatic N) is 2. The van der Waals surface area contributed by atoms with E-state index in [2.05, 4.69) is 16.9 Å². The Hall–Kier alpha value is -0.960. The highest BCUT2D eigenvalue weighted by Crippen LogP contribution is 2.16. The summed E-state index contributed by atoms with van der Waals surface area (Å²) in [6.45, 7) is 2.10. The van der Waals surface area contributed by atoms with Crippen LogP contribution in [0.15, 0.2) is 17.8 Å². The lowest BCUT2D eigenvalue weighted by molar-refractivity contribution is 1.04. The topological polar surface area (TPSA) is 25.8 Å². The molecule has 11 heavy (non-hydrogen) atoms. The number of fused-ring (bicyclic) bond motifs is 1. The summed E-state index contributed by atoms with van der Waals surface area (Å²) in [4.78, 5) is 8.47. The van der Waals surface area contributed by atoms with Crippen molar-refractivity contribution in [1.29, 1.82) is 0 Å². The maximum atomic E-state index is 4.27. The quantitative estimate of drug-likeness (QED) is 0.646. The van der Waals surface area contributed by atoms with E-state index in [4.69, 9.17) is 0 Å². The van der Waals surface area contributed by atoms with Crippen LogP contribution in [0.4, 0.5) is 0 Å². The minimum Gasteiger partial charge on any atom is -0.260 e. The zero-order valence-electron chi connectivity index (χ0n) is 6.24. The molecule has 2 nitrogen and oxygen atoms in total. The molecule has 2 rings (SSSR count). The van der Waals surface area contributed by atoms with Gasteiger partial charge in [-0.3, -0.25) is 4.98 Å². The third kappa shape index (κ3) is 1.12. The Morgan fingerprint density at radius 2 is 2.36 bits per heavy atom. The summed E-state index contributed by atoms with van der Waals surface area (Å²) in [6.07, 6.45) is 2.87. The second kappa shape index (κ2) is 2.58. The number of aryl methyl sites for hydroxylation is 1. The standard InChI is InChI=1S/C8H8N2S/c1-2-6-3-7-8(4-9-6)11-5-10-7/h3-5H,2H2,1H3. The van der Waals surface area contributed by atoms with Crippen molar-refractivity contribution >= 4 is 21.6 Å². The van der Waals surface area contributed by atoms with Gasteiger partial charge in [0.25, 0.3) is 0 Å². The Kier molecular flexibility index (Phi) is 1.58. The first-order valence-corrected chi connectivity index (χ1v) is 4.46. The molecular weight excluding hydrogens is 156 g/mol. The second-order valence-corrected chi connectivity index (χ2v) is 3.24. The van der Waals surface area contributed by atoms with Gasteiger partial charge in [-0.25, -0.2) is 4.98 Å². The molecule has 2 heterocycles. The van der Waals surface area contributed by atoms with E-state index in [1.807, 2.05) is 17.8 Å². The molecular formula is C8H8N2S. The van der Waals surface area contributed by atoms with Crippen molar-refractivity contribution in [1.82, 2.24) is 9.97 Å². The van der Waals surface area contributed by atoms with Crippen molar-refractivity contribution in [3.05, 3.63) is 23.5 Å². The summed E-state index contributed by atoms with van der Waals surface area (Å²) in [5.74, 6) is 0. The number of thiazole rings is 1. The number of hydrogen-bond acceptors (Lipinski definition) is 3. The van der Waals surface area contributed by atoms with Crippen LogP contribution in [0.2, 0.25) is 0 Å². The molecule has 0 bridgehead atoms. The van der Waals surface area contributed by atoms with Gasteiger partial charge in [-0.15, -0.1) is 11.3 Å². The van der Waals surface area contributed by atoms with E-state index >= 15 is 0 Å². The Balaban J connectivity index is 2.67. The van der Waals surface area contributed by atoms with Crippen LogP contribution < -0.4 is 0 Å². The van der Waals surface area contributed by atoms with Crippen LogP contribution in [-0.2, 0) is 6.42 Å². The molecule has 0 aromatic carbocycles. The van der Waals surface area contributed by atoms with Gasteiger partial charge in [0.1, 0.15) is 0 Å². The first-order valence-electron chi connectivity index (χ1n) is 3.58. The van der Waals surface area contributed by atoms with Crippen LogP contribution in [0, 0.1) is 0 Å². The summed E-state index contributed by atoms with van der Waals surface area (Å²) in [5.41, 5.74) is 4.04. The van der Waals surface area contributed by atoms with Crippen molar-refractivity contribution in [2.24, 2.45) is 0 Å². The Bertz CT molecular complexity index is 367. The number of hydrogen-bond donors (Lipinski definition) is 0. The molecule has 0 radical (unpaired) electrons. The zero-order valence-corrected chi connectivity index (χ0v) is 7.06. The minimum absolute atomic E-state index is 0.980. The molecule has 2 aromatic heterocycles. The maximum absolute atomic E-state index is 4.27. The lowest BCUT2D eigenvalue weighted by Crippen LogP contribution is -1.84. The highest BCUT2D eigenvalue weighted by molar-refractivity contribution is 7.16. The lowest BCUT2D eigenvalue weighted by Gasteiger charge is -1.92. The molecule has 0 aliphatic heterocycles. The van der Waals surface area contributed by atoms with Gasteiger partial charge >= 0.3 is 0 Å². The van der Waals surface area contributed by atoms with Crippen LogP contribution in [0.3, 0.4) is 0 Å². The average Bonchev–Trinajstić information content (AvgIpc) is 2.50. The van der Waals surface area contributed by atoms with E-state index in [0.717, 1.165) is 17.6 Å². The van der Waals surface area contributed by atoms with Crippen molar-refractivity contribution < 1.29 is 0 Å². The maximum Gasteiger partial charge on any atom is 0.0845 e. The number of rotatable bonds is 1. The van der Waals surface area contributed by atoms with E-state index in [1.54, 1.807) is 11.3 Å². The molecule has 0 spiro atoms. The molecule has 3 heteroatoms. The van der Waals surface area contributed by atoms with Gasteiger partial charge in [0.05, 0.1) is 15.7 Å². The Morgan fingerprint density at radius 1 is 1.45 bits per heavy atom. The molecule has 0 unspecified atom stereocenters. The highest BCUT2D eigenvalue weighted by Gasteiger charge is 1.97. The fourth-order valence-electron chi connectivity index (χ4n) is 0.999. The summed E-state index contributed by atoms with van der Waals surface area (Å²) >= 11 is 1.63. The van der Waals surface area contributed by atoms with Crippen molar-refractivity contribution in [3.63, 3.8) is 0 Å². The third-order valence-corrected chi connectivity index (χ3v) is 2.42. The molecule has 0 aliphatic rings. The molecule has 0 saturated heterocycles. The van der Waals surface area contributed by atoms with Gasteiger partial charge < -0.3 is 0 Å². The molecule has 0 saturated carbocycles. The van der Waals surface area contributed by atoms with E-state index in [0.29, 0.717) is 0 Å². The van der Waals surface area contributed by atoms with Gasteiger partial charge in [0, 0.05) is 11.9 Å². The van der Waals surface area contributed by atoms with Crippen LogP contribution in [0.5, 0.6) is 0 Å². The van der Waals surface area contributed by atoms with Crippen LogP contribution in [-0.4, -0.2) is 9.97 Å². The number of aromatic nitrogens is 2. The molecule has 56 valence electrons. The molecule has 0 N–H and O–H groups in total. The Morgan fingerprint density at radius 3 is 3.18 bits per heavy atom. The van der Waals surface area contributed by atoms with Crippen molar-refractivity contribution in [3.8, 4) is 0 Å². The molecule has 0 fully saturated rings. The van der Waals surface area contributed by atoms with Gasteiger partial charge in [0.2, 0.25) is 0 Å². The summed E-state index contributed by atoms with van der Waals surface area (Å²) in [6, 6.07) is 2.05. The molecule has 0 amide bonds. The van der Waals surface area contributed by atoms with E-state index < -0.39 is 0 Å². The first kappa shape index (κ1) is 6.73. The first-order chi connectivity index (χ1) is 5.40. The fraction of sp³-hybridized carbons (Fsp3) is 0.250. The monoisotopic (exact) mass is 164 g/mol. The number of pyridine rings is 1.